The maximum atomic E-state index is 14.0. The molecule has 254 valence electrons. The van der Waals surface area contributed by atoms with Gasteiger partial charge in [0.1, 0.15) is 12.3 Å². The van der Waals surface area contributed by atoms with E-state index >= 15 is 0 Å². The molecule has 0 radical (unpaired) electrons. The third kappa shape index (κ3) is 7.66. The van der Waals surface area contributed by atoms with Crippen LogP contribution in [-0.4, -0.2) is 132 Å². The highest BCUT2D eigenvalue weighted by Gasteiger charge is 2.38. The van der Waals surface area contributed by atoms with Gasteiger partial charge in [0.25, 0.3) is 11.8 Å². The monoisotopic (exact) mass is 647 g/mol. The number of carbonyl (C=O) groups is 3. The molecule has 2 N–H and O–H groups in total. The molecule has 12 heteroatoms. The quantitative estimate of drug-likeness (QED) is 0.469. The Balaban J connectivity index is 1.07. The fourth-order valence-corrected chi connectivity index (χ4v) is 7.38. The molecule has 0 bridgehead atoms. The molecule has 1 atom stereocenters. The third-order valence-corrected chi connectivity index (χ3v) is 10.3. The highest BCUT2D eigenvalue weighted by atomic mass is 16.6. The number of piperidine rings is 2. The number of likely N-dealkylation sites (tertiary alicyclic amines) is 2. The second kappa shape index (κ2) is 14.5. The van der Waals surface area contributed by atoms with Crippen LogP contribution in [0.5, 0.6) is 5.75 Å². The SMILES string of the molecule is Cc1cc(CC(OC(=O)N2CCC(N3NN(c4ccccc4)CC3=O)CC2)C(=O)N2CCC(N3CCN(C)CC3)CC2)cc(C)c1O. The third-order valence-electron chi connectivity index (χ3n) is 10.3. The zero-order valence-electron chi connectivity index (χ0n) is 27.9. The van der Waals surface area contributed by atoms with Gasteiger partial charge in [0.05, 0.1) is 11.7 Å². The number of ether oxygens (including phenoxy) is 1. The van der Waals surface area contributed by atoms with Gasteiger partial charge >= 0.3 is 6.09 Å². The lowest BCUT2D eigenvalue weighted by atomic mass is 9.98. The van der Waals surface area contributed by atoms with Gasteiger partial charge in [-0.25, -0.2) is 4.79 Å². The van der Waals surface area contributed by atoms with Crippen LogP contribution in [0.15, 0.2) is 42.5 Å². The fourth-order valence-electron chi connectivity index (χ4n) is 7.38. The molecule has 0 aliphatic carbocycles. The lowest BCUT2D eigenvalue weighted by Gasteiger charge is -2.42. The summed E-state index contributed by atoms with van der Waals surface area (Å²) in [6.07, 6.45) is 1.79. The number of hydrazine groups is 2. The van der Waals surface area contributed by atoms with Gasteiger partial charge in [-0.15, -0.1) is 5.53 Å². The lowest BCUT2D eigenvalue weighted by Crippen LogP contribution is -2.55. The van der Waals surface area contributed by atoms with E-state index in [-0.39, 0.29) is 36.6 Å². The van der Waals surface area contributed by atoms with Crippen LogP contribution in [0.25, 0.3) is 0 Å². The van der Waals surface area contributed by atoms with E-state index in [9.17, 15) is 19.5 Å². The van der Waals surface area contributed by atoms with Crippen molar-refractivity contribution >= 4 is 23.6 Å². The zero-order valence-corrected chi connectivity index (χ0v) is 27.9. The van der Waals surface area contributed by atoms with Crippen molar-refractivity contribution in [3.8, 4) is 5.75 Å². The minimum absolute atomic E-state index is 0.00332. The molecule has 2 aromatic rings. The average molecular weight is 648 g/mol. The number of para-hydroxylation sites is 1. The topological polar surface area (TPSA) is 112 Å². The Morgan fingerprint density at radius 1 is 0.872 bits per heavy atom. The Bertz CT molecular complexity index is 1390. The Hall–Kier alpha value is -3.87. The first kappa shape index (κ1) is 33.0. The first-order valence-electron chi connectivity index (χ1n) is 17.0. The maximum absolute atomic E-state index is 14.0. The second-order valence-corrected chi connectivity index (χ2v) is 13.6. The summed E-state index contributed by atoms with van der Waals surface area (Å²) in [4.78, 5) is 48.8. The van der Waals surface area contributed by atoms with Crippen molar-refractivity contribution in [1.29, 1.82) is 0 Å². The Labute approximate surface area is 277 Å². The number of nitrogens with one attached hydrogen (secondary N) is 1. The van der Waals surface area contributed by atoms with Crippen LogP contribution in [0.3, 0.4) is 0 Å². The summed E-state index contributed by atoms with van der Waals surface area (Å²) in [7, 11) is 2.16. The van der Waals surface area contributed by atoms with E-state index in [0.717, 1.165) is 61.4 Å². The number of aromatic hydroxyl groups is 1. The molecule has 6 rings (SSSR count). The molecule has 3 amide bonds. The minimum atomic E-state index is -0.968. The second-order valence-electron chi connectivity index (χ2n) is 13.6. The number of benzene rings is 2. The highest BCUT2D eigenvalue weighted by Crippen LogP contribution is 2.27. The fraction of sp³-hybridized carbons (Fsp3) is 0.571. The van der Waals surface area contributed by atoms with Crippen molar-refractivity contribution < 1.29 is 24.2 Å². The molecule has 2 aromatic carbocycles. The molecule has 0 aromatic heterocycles. The van der Waals surface area contributed by atoms with E-state index in [2.05, 4.69) is 22.4 Å². The highest BCUT2D eigenvalue weighted by molar-refractivity contribution is 5.85. The molecule has 4 aliphatic heterocycles. The minimum Gasteiger partial charge on any atom is -0.507 e. The molecular weight excluding hydrogens is 598 g/mol. The van der Waals surface area contributed by atoms with Gasteiger partial charge in [-0.2, -0.15) is 0 Å². The first-order chi connectivity index (χ1) is 22.7. The van der Waals surface area contributed by atoms with Crippen molar-refractivity contribution in [3.63, 3.8) is 0 Å². The Kier molecular flexibility index (Phi) is 10.2. The molecule has 12 nitrogen and oxygen atoms in total. The number of phenols is 1. The molecule has 1 unspecified atom stereocenters. The molecule has 4 fully saturated rings. The van der Waals surface area contributed by atoms with E-state index in [0.29, 0.717) is 45.1 Å². The van der Waals surface area contributed by atoms with Crippen LogP contribution in [0.1, 0.15) is 42.4 Å². The van der Waals surface area contributed by atoms with Gasteiger partial charge < -0.3 is 24.5 Å². The summed E-state index contributed by atoms with van der Waals surface area (Å²) in [5, 5.41) is 13.8. The zero-order chi connectivity index (χ0) is 33.1. The van der Waals surface area contributed by atoms with Crippen molar-refractivity contribution in [1.82, 2.24) is 30.1 Å². The smallest absolute Gasteiger partial charge is 0.410 e. The average Bonchev–Trinajstić information content (AvgIpc) is 3.48. The molecule has 4 aliphatic rings. The normalized spacial score (nSPS) is 21.4. The van der Waals surface area contributed by atoms with E-state index in [1.54, 1.807) is 9.91 Å². The van der Waals surface area contributed by atoms with Crippen molar-refractivity contribution in [2.75, 3.05) is 71.0 Å². The summed E-state index contributed by atoms with van der Waals surface area (Å²) >= 11 is 0. The van der Waals surface area contributed by atoms with Gasteiger partial charge in [-0.3, -0.25) is 24.5 Å². The molecular formula is C35H49N7O5. The molecule has 0 spiro atoms. The number of carbonyl (C=O) groups excluding carboxylic acids is 3. The van der Waals surface area contributed by atoms with Crippen molar-refractivity contribution in [2.45, 2.75) is 64.1 Å². The van der Waals surface area contributed by atoms with Crippen LogP contribution >= 0.6 is 0 Å². The van der Waals surface area contributed by atoms with Gasteiger partial charge in [-0.1, -0.05) is 30.3 Å². The van der Waals surface area contributed by atoms with E-state index in [4.69, 9.17) is 4.74 Å². The number of piperazine rings is 1. The van der Waals surface area contributed by atoms with Gasteiger partial charge in [0, 0.05) is 64.8 Å². The number of hydrogen-bond donors (Lipinski definition) is 2. The number of hydrogen-bond acceptors (Lipinski definition) is 9. The van der Waals surface area contributed by atoms with Gasteiger partial charge in [0.2, 0.25) is 0 Å². The number of rotatable bonds is 7. The predicted octanol–water partition coefficient (Wildman–Crippen LogP) is 2.53. The number of likely N-dealkylation sites (N-methyl/N-ethyl adjacent to an activating group) is 1. The van der Waals surface area contributed by atoms with Crippen molar-refractivity contribution in [3.05, 3.63) is 59.2 Å². The van der Waals surface area contributed by atoms with Crippen LogP contribution in [0.2, 0.25) is 0 Å². The Morgan fingerprint density at radius 3 is 2.11 bits per heavy atom. The number of aryl methyl sites for hydroxylation is 2. The maximum Gasteiger partial charge on any atom is 0.410 e. The van der Waals surface area contributed by atoms with Crippen LogP contribution in [0, 0.1) is 13.8 Å². The number of anilines is 1. The largest absolute Gasteiger partial charge is 0.507 e. The molecule has 0 saturated carbocycles. The summed E-state index contributed by atoms with van der Waals surface area (Å²) in [5.74, 6) is 0.0677. The van der Waals surface area contributed by atoms with Crippen LogP contribution < -0.4 is 10.5 Å². The van der Waals surface area contributed by atoms with E-state index in [1.165, 1.54) is 0 Å². The van der Waals surface area contributed by atoms with E-state index in [1.807, 2.05) is 66.2 Å². The molecule has 4 heterocycles. The van der Waals surface area contributed by atoms with Crippen LogP contribution in [0.4, 0.5) is 10.5 Å². The molecule has 4 saturated heterocycles. The summed E-state index contributed by atoms with van der Waals surface area (Å²) in [6, 6.07) is 13.9. The summed E-state index contributed by atoms with van der Waals surface area (Å²) in [5.41, 5.74) is 6.44. The predicted molar refractivity (Wildman–Crippen MR) is 179 cm³/mol. The number of amides is 3. The number of phenolic OH excluding ortho intramolecular Hbond substituents is 1. The number of nitrogens with zero attached hydrogens (tertiary/aromatic N) is 6. The Morgan fingerprint density at radius 2 is 1.47 bits per heavy atom. The van der Waals surface area contributed by atoms with E-state index < -0.39 is 12.2 Å². The summed E-state index contributed by atoms with van der Waals surface area (Å²) in [6.45, 7) is 10.3. The first-order valence-corrected chi connectivity index (χ1v) is 17.0. The standard InChI is InChI=1S/C35H49N7O5/c1-25-21-27(22-26(2)33(25)44)23-31(34(45)39-13-9-28(10-14-39)38-19-17-37(3)18-20-38)47-35(46)40-15-11-30(12-16-40)42-32(43)24-41(36-42)29-7-5-4-6-8-29/h4-8,21-22,28,30-31,36,44H,9-20,23-24H2,1-3H3. The van der Waals surface area contributed by atoms with Gasteiger partial charge in [-0.05, 0) is 75.4 Å². The van der Waals surface area contributed by atoms with Crippen LogP contribution in [-0.2, 0) is 20.7 Å². The molecule has 47 heavy (non-hydrogen) atoms. The lowest BCUT2D eigenvalue weighted by molar-refractivity contribution is -0.143. The summed E-state index contributed by atoms with van der Waals surface area (Å²) < 4.78 is 6.04. The van der Waals surface area contributed by atoms with Gasteiger partial charge in [0.15, 0.2) is 6.10 Å². The van der Waals surface area contributed by atoms with Crippen molar-refractivity contribution in [2.24, 2.45) is 0 Å².